The van der Waals surface area contributed by atoms with Crippen LogP contribution in [0.2, 0.25) is 0 Å². The first-order valence-corrected chi connectivity index (χ1v) is 6.15. The lowest BCUT2D eigenvalue weighted by atomic mass is 10.00. The molecule has 94 valence electrons. The fourth-order valence-corrected chi connectivity index (χ4v) is 2.06. The van der Waals surface area contributed by atoms with E-state index in [-0.39, 0.29) is 5.92 Å². The molecule has 0 aliphatic heterocycles. The third kappa shape index (κ3) is 2.91. The molecule has 0 N–H and O–H groups in total. The number of hydrogen-bond acceptors (Lipinski definition) is 4. The van der Waals surface area contributed by atoms with Gasteiger partial charge in [0.15, 0.2) is 0 Å². The Labute approximate surface area is 109 Å². The number of halogens is 1. The summed E-state index contributed by atoms with van der Waals surface area (Å²) in [7, 11) is 4.66. The van der Waals surface area contributed by atoms with Crippen molar-refractivity contribution < 1.29 is 19.0 Å². The summed E-state index contributed by atoms with van der Waals surface area (Å²) in [6.07, 6.45) is 0.863. The third-order valence-corrected chi connectivity index (χ3v) is 3.15. The maximum absolute atomic E-state index is 11.1. The number of aldehydes is 1. The van der Waals surface area contributed by atoms with E-state index in [1.165, 1.54) is 0 Å². The lowest BCUT2D eigenvalue weighted by molar-refractivity contribution is -0.108. The van der Waals surface area contributed by atoms with Crippen molar-refractivity contribution >= 4 is 22.2 Å². The van der Waals surface area contributed by atoms with Gasteiger partial charge in [0.1, 0.15) is 23.5 Å². The lowest BCUT2D eigenvalue weighted by Crippen LogP contribution is -2.07. The number of carbonyl (C=O) groups excluding carboxylic acids is 1. The Bertz CT molecular complexity index is 367. The monoisotopic (exact) mass is 302 g/mol. The van der Waals surface area contributed by atoms with Gasteiger partial charge in [-0.25, -0.2) is 0 Å². The second-order valence-corrected chi connectivity index (χ2v) is 3.99. The highest BCUT2D eigenvalue weighted by atomic mass is 79.9. The summed E-state index contributed by atoms with van der Waals surface area (Å²) in [5, 5.41) is 0.509. The van der Waals surface area contributed by atoms with E-state index in [4.69, 9.17) is 14.2 Å². The number of carbonyl (C=O) groups is 1. The fourth-order valence-electron chi connectivity index (χ4n) is 1.58. The van der Waals surface area contributed by atoms with Crippen LogP contribution < -0.4 is 14.2 Å². The molecule has 1 atom stereocenters. The lowest BCUT2D eigenvalue weighted by Gasteiger charge is -2.17. The summed E-state index contributed by atoms with van der Waals surface area (Å²) >= 11 is 3.30. The first kappa shape index (κ1) is 13.8. The van der Waals surface area contributed by atoms with Crippen molar-refractivity contribution in [3.05, 3.63) is 17.7 Å². The van der Waals surface area contributed by atoms with E-state index in [0.29, 0.717) is 22.6 Å². The number of ether oxygens (including phenoxy) is 3. The highest BCUT2D eigenvalue weighted by molar-refractivity contribution is 9.09. The van der Waals surface area contributed by atoms with Crippen molar-refractivity contribution in [2.24, 2.45) is 0 Å². The second kappa shape index (κ2) is 6.49. The van der Waals surface area contributed by atoms with Gasteiger partial charge in [-0.05, 0) is 0 Å². The normalized spacial score (nSPS) is 11.8. The van der Waals surface area contributed by atoms with E-state index >= 15 is 0 Å². The molecule has 0 aliphatic carbocycles. The van der Waals surface area contributed by atoms with Crippen LogP contribution in [-0.2, 0) is 4.79 Å². The minimum absolute atomic E-state index is 0.314. The van der Waals surface area contributed by atoms with Crippen molar-refractivity contribution in [2.45, 2.75) is 5.92 Å². The molecule has 1 rings (SSSR count). The van der Waals surface area contributed by atoms with Gasteiger partial charge in [-0.3, -0.25) is 0 Å². The van der Waals surface area contributed by atoms with Crippen LogP contribution in [0.5, 0.6) is 17.2 Å². The van der Waals surface area contributed by atoms with Crippen molar-refractivity contribution in [3.8, 4) is 17.2 Å². The van der Waals surface area contributed by atoms with Gasteiger partial charge in [-0.2, -0.15) is 0 Å². The topological polar surface area (TPSA) is 44.8 Å². The Morgan fingerprint density at radius 3 is 2.00 bits per heavy atom. The first-order chi connectivity index (χ1) is 8.21. The van der Waals surface area contributed by atoms with Gasteiger partial charge in [0.25, 0.3) is 0 Å². The van der Waals surface area contributed by atoms with E-state index < -0.39 is 0 Å². The number of alkyl halides is 1. The van der Waals surface area contributed by atoms with E-state index in [0.717, 1.165) is 11.8 Å². The minimum Gasteiger partial charge on any atom is -0.496 e. The van der Waals surface area contributed by atoms with E-state index in [1.54, 1.807) is 33.5 Å². The maximum atomic E-state index is 11.1. The molecule has 0 fully saturated rings. The van der Waals surface area contributed by atoms with Crippen LogP contribution in [0.1, 0.15) is 11.5 Å². The largest absolute Gasteiger partial charge is 0.496 e. The molecule has 0 saturated carbocycles. The Hall–Kier alpha value is -1.23. The number of benzene rings is 1. The molecule has 0 heterocycles. The van der Waals surface area contributed by atoms with E-state index in [2.05, 4.69) is 15.9 Å². The van der Waals surface area contributed by atoms with Crippen LogP contribution in [0.15, 0.2) is 12.1 Å². The van der Waals surface area contributed by atoms with Crippen molar-refractivity contribution in [3.63, 3.8) is 0 Å². The molecule has 1 unspecified atom stereocenters. The number of methoxy groups -OCH3 is 3. The average molecular weight is 303 g/mol. The number of rotatable bonds is 6. The quantitative estimate of drug-likeness (QED) is 0.598. The van der Waals surface area contributed by atoms with Gasteiger partial charge in [0, 0.05) is 23.0 Å². The smallest absolute Gasteiger partial charge is 0.130 e. The molecule has 0 aromatic heterocycles. The highest BCUT2D eigenvalue weighted by Gasteiger charge is 2.21. The summed E-state index contributed by atoms with van der Waals surface area (Å²) in [5.74, 6) is 1.47. The molecule has 0 saturated heterocycles. The molecule has 0 radical (unpaired) electrons. The van der Waals surface area contributed by atoms with Gasteiger partial charge in [0.2, 0.25) is 0 Å². The van der Waals surface area contributed by atoms with Gasteiger partial charge < -0.3 is 19.0 Å². The summed E-state index contributed by atoms with van der Waals surface area (Å²) < 4.78 is 15.7. The Kier molecular flexibility index (Phi) is 5.28. The molecule has 0 spiro atoms. The predicted molar refractivity (Wildman–Crippen MR) is 68.7 cm³/mol. The highest BCUT2D eigenvalue weighted by Crippen LogP contribution is 2.39. The molecule has 4 nitrogen and oxygen atoms in total. The standard InChI is InChI=1S/C12H15BrO4/c1-15-9-4-10(16-2)12(8(6-13)7-14)11(5-9)17-3/h4-5,7-8H,6H2,1-3H3. The molecular formula is C12H15BrO4. The third-order valence-electron chi connectivity index (χ3n) is 2.45. The zero-order chi connectivity index (χ0) is 12.8. The van der Waals surface area contributed by atoms with Crippen LogP contribution in [-0.4, -0.2) is 32.9 Å². The van der Waals surface area contributed by atoms with Crippen molar-refractivity contribution in [1.29, 1.82) is 0 Å². The van der Waals surface area contributed by atoms with Crippen LogP contribution in [0, 0.1) is 0 Å². The maximum Gasteiger partial charge on any atom is 0.130 e. The molecule has 17 heavy (non-hydrogen) atoms. The zero-order valence-electron chi connectivity index (χ0n) is 10.0. The molecule has 0 aliphatic rings. The summed E-state index contributed by atoms with van der Waals surface area (Å²) in [6, 6.07) is 3.47. The molecule has 0 bridgehead atoms. The zero-order valence-corrected chi connectivity index (χ0v) is 11.6. The van der Waals surface area contributed by atoms with Gasteiger partial charge >= 0.3 is 0 Å². The predicted octanol–water partition coefficient (Wildman–Crippen LogP) is 2.39. The molecule has 1 aromatic carbocycles. The van der Waals surface area contributed by atoms with E-state index in [1.807, 2.05) is 0 Å². The van der Waals surface area contributed by atoms with Crippen LogP contribution in [0.25, 0.3) is 0 Å². The summed E-state index contributed by atoms with van der Waals surface area (Å²) in [5.41, 5.74) is 0.725. The van der Waals surface area contributed by atoms with Gasteiger partial charge in [0.05, 0.1) is 27.2 Å². The minimum atomic E-state index is -0.314. The Morgan fingerprint density at radius 1 is 1.18 bits per heavy atom. The van der Waals surface area contributed by atoms with Gasteiger partial charge in [-0.15, -0.1) is 0 Å². The fraction of sp³-hybridized carbons (Fsp3) is 0.417. The second-order valence-electron chi connectivity index (χ2n) is 3.34. The molecule has 5 heteroatoms. The average Bonchev–Trinajstić information content (AvgIpc) is 2.39. The van der Waals surface area contributed by atoms with Crippen LogP contribution in [0.4, 0.5) is 0 Å². The molecular weight excluding hydrogens is 288 g/mol. The van der Waals surface area contributed by atoms with Crippen LogP contribution in [0.3, 0.4) is 0 Å². The number of hydrogen-bond donors (Lipinski definition) is 0. The molecule has 0 amide bonds. The van der Waals surface area contributed by atoms with Gasteiger partial charge in [-0.1, -0.05) is 15.9 Å². The van der Waals surface area contributed by atoms with Crippen molar-refractivity contribution in [2.75, 3.05) is 26.7 Å². The summed E-state index contributed by atoms with van der Waals surface area (Å²) in [4.78, 5) is 11.1. The van der Waals surface area contributed by atoms with Crippen LogP contribution >= 0.6 is 15.9 Å². The Morgan fingerprint density at radius 2 is 1.71 bits per heavy atom. The Balaban J connectivity index is 3.38. The van der Waals surface area contributed by atoms with Crippen molar-refractivity contribution in [1.82, 2.24) is 0 Å². The molecule has 1 aromatic rings. The van der Waals surface area contributed by atoms with E-state index in [9.17, 15) is 4.79 Å². The first-order valence-electron chi connectivity index (χ1n) is 5.03. The SMILES string of the molecule is COc1cc(OC)c(C(C=O)CBr)c(OC)c1. The summed E-state index contributed by atoms with van der Waals surface area (Å²) in [6.45, 7) is 0.